The average molecular weight is 164 g/mol. The molecule has 1 amide bonds. The van der Waals surface area contributed by atoms with Crippen molar-refractivity contribution in [1.29, 1.82) is 0 Å². The first-order chi connectivity index (χ1) is 5.61. The number of aryl methyl sites for hydroxylation is 1. The summed E-state index contributed by atoms with van der Waals surface area (Å²) in [6.45, 7) is 1.93. The Labute approximate surface area is 71.2 Å². The van der Waals surface area contributed by atoms with Crippen LogP contribution in [0.3, 0.4) is 0 Å². The molecule has 0 N–H and O–H groups in total. The standard InChI is InChI=1S/C9H10NO2/c1-7-3-5-8(6-4-7)9(11)10(2)12/h3-6H,1-2H3/q-1. The molecule has 0 aliphatic heterocycles. The lowest BCUT2D eigenvalue weighted by Crippen LogP contribution is -2.19. The second-order valence-electron chi connectivity index (χ2n) is 2.67. The van der Waals surface area contributed by atoms with E-state index < -0.39 is 5.91 Å². The van der Waals surface area contributed by atoms with Gasteiger partial charge in [0, 0.05) is 5.56 Å². The summed E-state index contributed by atoms with van der Waals surface area (Å²) in [6.07, 6.45) is 0. The Kier molecular flexibility index (Phi) is 2.45. The van der Waals surface area contributed by atoms with E-state index in [2.05, 4.69) is 0 Å². The maximum atomic E-state index is 11.1. The zero-order valence-electron chi connectivity index (χ0n) is 7.07. The van der Waals surface area contributed by atoms with Gasteiger partial charge in [-0.05, 0) is 26.1 Å². The molecule has 0 atom stereocenters. The third-order valence-corrected chi connectivity index (χ3v) is 1.58. The van der Waals surface area contributed by atoms with Crippen LogP contribution in [0.2, 0.25) is 0 Å². The Hall–Kier alpha value is -1.35. The van der Waals surface area contributed by atoms with Crippen LogP contribution >= 0.6 is 0 Å². The third-order valence-electron chi connectivity index (χ3n) is 1.58. The maximum absolute atomic E-state index is 11.1. The lowest BCUT2D eigenvalue weighted by molar-refractivity contribution is 0.0850. The summed E-state index contributed by atoms with van der Waals surface area (Å²) >= 11 is 0. The van der Waals surface area contributed by atoms with E-state index in [0.717, 1.165) is 5.56 Å². The topological polar surface area (TPSA) is 43.4 Å². The first kappa shape index (κ1) is 8.74. The number of benzene rings is 1. The van der Waals surface area contributed by atoms with Crippen molar-refractivity contribution in [3.05, 3.63) is 40.6 Å². The van der Waals surface area contributed by atoms with Crippen LogP contribution in [0.15, 0.2) is 24.3 Å². The van der Waals surface area contributed by atoms with Crippen LogP contribution in [0.1, 0.15) is 15.9 Å². The van der Waals surface area contributed by atoms with Gasteiger partial charge in [0.1, 0.15) is 0 Å². The smallest absolute Gasteiger partial charge is 0.243 e. The highest BCUT2D eigenvalue weighted by Gasteiger charge is 2.02. The van der Waals surface area contributed by atoms with Crippen LogP contribution in [0.4, 0.5) is 0 Å². The molecule has 1 aromatic rings. The second-order valence-corrected chi connectivity index (χ2v) is 2.67. The Morgan fingerprint density at radius 3 is 2.25 bits per heavy atom. The zero-order chi connectivity index (χ0) is 9.14. The van der Waals surface area contributed by atoms with Gasteiger partial charge in [-0.15, -0.1) is 0 Å². The van der Waals surface area contributed by atoms with E-state index in [1.165, 1.54) is 7.05 Å². The van der Waals surface area contributed by atoms with Crippen LogP contribution in [0.5, 0.6) is 0 Å². The molecular formula is C9H10NO2-. The highest BCUT2D eigenvalue weighted by Crippen LogP contribution is 2.04. The molecule has 0 heterocycles. The number of nitrogens with zero attached hydrogens (tertiary/aromatic N) is 1. The lowest BCUT2D eigenvalue weighted by Gasteiger charge is -2.21. The molecule has 64 valence electrons. The molecule has 0 aliphatic rings. The summed E-state index contributed by atoms with van der Waals surface area (Å²) in [5.41, 5.74) is 1.50. The van der Waals surface area contributed by atoms with Gasteiger partial charge >= 0.3 is 0 Å². The Morgan fingerprint density at radius 2 is 1.83 bits per heavy atom. The van der Waals surface area contributed by atoms with E-state index in [1.54, 1.807) is 24.3 Å². The Bertz CT molecular complexity index is 277. The van der Waals surface area contributed by atoms with Gasteiger partial charge < -0.3 is 10.3 Å². The average Bonchev–Trinajstić information content (AvgIpc) is 2.04. The molecular weight excluding hydrogens is 154 g/mol. The molecule has 1 aromatic carbocycles. The molecule has 0 saturated heterocycles. The first-order valence-corrected chi connectivity index (χ1v) is 3.63. The van der Waals surface area contributed by atoms with Crippen molar-refractivity contribution >= 4 is 5.91 Å². The number of hydroxylamine groups is 2. The molecule has 3 heteroatoms. The van der Waals surface area contributed by atoms with Gasteiger partial charge in [-0.25, -0.2) is 0 Å². The van der Waals surface area contributed by atoms with Crippen LogP contribution in [-0.2, 0) is 0 Å². The normalized spacial score (nSPS) is 9.58. The first-order valence-electron chi connectivity index (χ1n) is 3.63. The van der Waals surface area contributed by atoms with Gasteiger partial charge in [-0.2, -0.15) is 0 Å². The summed E-state index contributed by atoms with van der Waals surface area (Å²) < 4.78 is 0. The molecule has 0 bridgehead atoms. The molecule has 1 rings (SSSR count). The quantitative estimate of drug-likeness (QED) is 0.591. The van der Waals surface area contributed by atoms with E-state index in [4.69, 9.17) is 0 Å². The summed E-state index contributed by atoms with van der Waals surface area (Å²) in [6, 6.07) is 6.89. The summed E-state index contributed by atoms with van der Waals surface area (Å²) in [7, 11) is 1.20. The van der Waals surface area contributed by atoms with Crippen molar-refractivity contribution in [2.45, 2.75) is 6.92 Å². The molecule has 0 radical (unpaired) electrons. The van der Waals surface area contributed by atoms with Gasteiger partial charge in [-0.3, -0.25) is 4.79 Å². The van der Waals surface area contributed by atoms with Crippen LogP contribution in [0.25, 0.3) is 0 Å². The zero-order valence-corrected chi connectivity index (χ0v) is 7.07. The SMILES string of the molecule is Cc1ccc(C(=O)N(C)[O-])cc1. The third kappa shape index (κ3) is 1.83. The summed E-state index contributed by atoms with van der Waals surface area (Å²) in [4.78, 5) is 11.1. The van der Waals surface area contributed by atoms with E-state index in [9.17, 15) is 10.0 Å². The molecule has 0 saturated carbocycles. The van der Waals surface area contributed by atoms with Crippen LogP contribution in [0, 0.1) is 12.1 Å². The van der Waals surface area contributed by atoms with Gasteiger partial charge in [0.05, 0.1) is 0 Å². The van der Waals surface area contributed by atoms with E-state index in [1.807, 2.05) is 6.92 Å². The number of amides is 1. The molecule has 0 spiro atoms. The molecule has 0 unspecified atom stereocenters. The summed E-state index contributed by atoms with van der Waals surface area (Å²) in [5.74, 6) is -0.505. The molecule has 3 nitrogen and oxygen atoms in total. The summed E-state index contributed by atoms with van der Waals surface area (Å²) in [5, 5.41) is 10.9. The van der Waals surface area contributed by atoms with Crippen LogP contribution in [-0.4, -0.2) is 18.0 Å². The van der Waals surface area contributed by atoms with E-state index in [-0.39, 0.29) is 0 Å². The molecule has 0 aliphatic carbocycles. The number of rotatable bonds is 1. The monoisotopic (exact) mass is 164 g/mol. The largest absolute Gasteiger partial charge is 0.756 e. The van der Waals surface area contributed by atoms with Crippen molar-refractivity contribution in [3.63, 3.8) is 0 Å². The molecule has 12 heavy (non-hydrogen) atoms. The fraction of sp³-hybridized carbons (Fsp3) is 0.222. The Morgan fingerprint density at radius 1 is 1.33 bits per heavy atom. The molecule has 0 fully saturated rings. The number of hydrogen-bond acceptors (Lipinski definition) is 2. The van der Waals surface area contributed by atoms with Gasteiger partial charge in [0.25, 0.3) is 0 Å². The van der Waals surface area contributed by atoms with Crippen molar-refractivity contribution in [2.75, 3.05) is 7.05 Å². The highest BCUT2D eigenvalue weighted by atomic mass is 16.5. The van der Waals surface area contributed by atoms with Gasteiger partial charge in [0.2, 0.25) is 5.91 Å². The number of carbonyl (C=O) groups is 1. The highest BCUT2D eigenvalue weighted by molar-refractivity contribution is 5.94. The Balaban J connectivity index is 2.90. The fourth-order valence-electron chi connectivity index (χ4n) is 0.878. The van der Waals surface area contributed by atoms with Crippen LogP contribution < -0.4 is 0 Å². The van der Waals surface area contributed by atoms with Gasteiger partial charge in [-0.1, -0.05) is 17.7 Å². The minimum atomic E-state index is -0.505. The maximum Gasteiger partial charge on any atom is 0.243 e. The lowest BCUT2D eigenvalue weighted by atomic mass is 10.1. The fourth-order valence-corrected chi connectivity index (χ4v) is 0.878. The predicted molar refractivity (Wildman–Crippen MR) is 46.6 cm³/mol. The number of carbonyl (C=O) groups excluding carboxylic acids is 1. The van der Waals surface area contributed by atoms with Crippen molar-refractivity contribution in [3.8, 4) is 0 Å². The van der Waals surface area contributed by atoms with Crippen molar-refractivity contribution in [1.82, 2.24) is 5.06 Å². The van der Waals surface area contributed by atoms with E-state index in [0.29, 0.717) is 10.6 Å². The minimum absolute atomic E-state index is 0.324. The van der Waals surface area contributed by atoms with Crippen molar-refractivity contribution in [2.24, 2.45) is 0 Å². The molecule has 0 aromatic heterocycles. The second kappa shape index (κ2) is 3.36. The minimum Gasteiger partial charge on any atom is -0.756 e. The number of hydrogen-bond donors (Lipinski definition) is 0. The van der Waals surface area contributed by atoms with E-state index >= 15 is 0 Å². The van der Waals surface area contributed by atoms with Gasteiger partial charge in [0.15, 0.2) is 0 Å². The predicted octanol–water partition coefficient (Wildman–Crippen LogP) is 1.56. The van der Waals surface area contributed by atoms with Crippen molar-refractivity contribution < 1.29 is 4.79 Å².